The first-order valence-electron chi connectivity index (χ1n) is 6.85. The molecule has 1 N–H and O–H groups in total. The largest absolute Gasteiger partial charge is 0.464 e. The van der Waals surface area contributed by atoms with Gasteiger partial charge in [-0.2, -0.15) is 0 Å². The minimum atomic E-state index is -0.415. The standard InChI is InChI=1S/C15H21NO3/c1-2-18-15(17)14-10-13(8-9-19-14)16-11-12-6-4-3-5-7-12/h3-7,13-14,16H,2,8-11H2,1H3/t13-,14+/m0/s1. The average Bonchev–Trinajstić information content (AvgIpc) is 2.47. The molecule has 0 bridgehead atoms. The monoisotopic (exact) mass is 263 g/mol. The molecule has 4 heteroatoms. The summed E-state index contributed by atoms with van der Waals surface area (Å²) in [5.41, 5.74) is 1.25. The lowest BCUT2D eigenvalue weighted by Gasteiger charge is -2.28. The highest BCUT2D eigenvalue weighted by Gasteiger charge is 2.28. The molecule has 1 saturated heterocycles. The molecule has 1 aliphatic rings. The van der Waals surface area contributed by atoms with Gasteiger partial charge in [-0.15, -0.1) is 0 Å². The average molecular weight is 263 g/mol. The van der Waals surface area contributed by atoms with Crippen molar-refractivity contribution in [2.24, 2.45) is 0 Å². The number of nitrogens with one attached hydrogen (secondary N) is 1. The normalized spacial score (nSPS) is 23.0. The molecule has 2 rings (SSSR count). The maximum atomic E-state index is 11.6. The summed E-state index contributed by atoms with van der Waals surface area (Å²) in [7, 11) is 0. The first-order chi connectivity index (χ1) is 9.29. The fourth-order valence-electron chi connectivity index (χ4n) is 2.24. The summed E-state index contributed by atoms with van der Waals surface area (Å²) < 4.78 is 10.5. The van der Waals surface area contributed by atoms with Crippen LogP contribution in [0.1, 0.15) is 25.3 Å². The smallest absolute Gasteiger partial charge is 0.335 e. The second-order valence-corrected chi connectivity index (χ2v) is 4.70. The van der Waals surface area contributed by atoms with E-state index in [1.807, 2.05) is 25.1 Å². The van der Waals surface area contributed by atoms with Crippen LogP contribution in [0.3, 0.4) is 0 Å². The maximum absolute atomic E-state index is 11.6. The molecule has 0 aromatic heterocycles. The predicted molar refractivity (Wildman–Crippen MR) is 72.7 cm³/mol. The third-order valence-corrected chi connectivity index (χ3v) is 3.27. The van der Waals surface area contributed by atoms with Crippen LogP contribution < -0.4 is 5.32 Å². The van der Waals surface area contributed by atoms with Crippen molar-refractivity contribution in [2.45, 2.75) is 38.5 Å². The van der Waals surface area contributed by atoms with Crippen LogP contribution in [0.25, 0.3) is 0 Å². The van der Waals surface area contributed by atoms with Gasteiger partial charge in [-0.1, -0.05) is 30.3 Å². The van der Waals surface area contributed by atoms with E-state index in [0.717, 1.165) is 13.0 Å². The van der Waals surface area contributed by atoms with Gasteiger partial charge in [0.2, 0.25) is 0 Å². The SMILES string of the molecule is CCOC(=O)[C@H]1C[C@@H](NCc2ccccc2)CCO1. The fourth-order valence-corrected chi connectivity index (χ4v) is 2.24. The summed E-state index contributed by atoms with van der Waals surface area (Å²) in [6.07, 6.45) is 1.20. The van der Waals surface area contributed by atoms with Crippen LogP contribution >= 0.6 is 0 Å². The molecular weight excluding hydrogens is 242 g/mol. The van der Waals surface area contributed by atoms with Crippen molar-refractivity contribution in [1.82, 2.24) is 5.32 Å². The van der Waals surface area contributed by atoms with Gasteiger partial charge in [0.1, 0.15) is 0 Å². The number of esters is 1. The van der Waals surface area contributed by atoms with Crippen molar-refractivity contribution in [2.75, 3.05) is 13.2 Å². The molecule has 1 aromatic carbocycles. The molecule has 1 aromatic rings. The Labute approximate surface area is 114 Å². The zero-order valence-electron chi connectivity index (χ0n) is 11.3. The van der Waals surface area contributed by atoms with Crippen LogP contribution in [-0.2, 0) is 20.8 Å². The minimum absolute atomic E-state index is 0.242. The molecule has 1 fully saturated rings. The van der Waals surface area contributed by atoms with E-state index in [2.05, 4.69) is 17.4 Å². The first kappa shape index (κ1) is 14.0. The summed E-state index contributed by atoms with van der Waals surface area (Å²) in [6, 6.07) is 10.6. The van der Waals surface area contributed by atoms with Gasteiger partial charge in [-0.3, -0.25) is 0 Å². The van der Waals surface area contributed by atoms with Gasteiger partial charge in [0.05, 0.1) is 6.61 Å². The highest BCUT2D eigenvalue weighted by atomic mass is 16.6. The highest BCUT2D eigenvalue weighted by molar-refractivity contribution is 5.74. The molecule has 0 spiro atoms. The van der Waals surface area contributed by atoms with E-state index in [1.54, 1.807) is 0 Å². The summed E-state index contributed by atoms with van der Waals surface area (Å²) in [6.45, 7) is 3.64. The Bertz CT molecular complexity index is 394. The van der Waals surface area contributed by atoms with Crippen LogP contribution in [0.5, 0.6) is 0 Å². The van der Waals surface area contributed by atoms with Gasteiger partial charge < -0.3 is 14.8 Å². The lowest BCUT2D eigenvalue weighted by Crippen LogP contribution is -2.42. The molecule has 0 saturated carbocycles. The van der Waals surface area contributed by atoms with E-state index >= 15 is 0 Å². The molecule has 1 heterocycles. The molecule has 4 nitrogen and oxygen atoms in total. The summed E-state index contributed by atoms with van der Waals surface area (Å²) >= 11 is 0. The van der Waals surface area contributed by atoms with E-state index in [9.17, 15) is 4.79 Å². The number of hydrogen-bond acceptors (Lipinski definition) is 4. The first-order valence-corrected chi connectivity index (χ1v) is 6.85. The third-order valence-electron chi connectivity index (χ3n) is 3.27. The van der Waals surface area contributed by atoms with E-state index in [-0.39, 0.29) is 5.97 Å². The Morgan fingerprint density at radius 2 is 2.21 bits per heavy atom. The molecule has 1 aliphatic heterocycles. The zero-order chi connectivity index (χ0) is 13.5. The molecule has 2 atom stereocenters. The van der Waals surface area contributed by atoms with Gasteiger partial charge in [-0.25, -0.2) is 4.79 Å². The van der Waals surface area contributed by atoms with Gasteiger partial charge in [0, 0.05) is 19.2 Å². The number of rotatable bonds is 5. The van der Waals surface area contributed by atoms with Crippen LogP contribution in [0.4, 0.5) is 0 Å². The van der Waals surface area contributed by atoms with E-state index in [0.29, 0.717) is 25.7 Å². The Balaban J connectivity index is 1.79. The van der Waals surface area contributed by atoms with Crippen LogP contribution in [0, 0.1) is 0 Å². The Kier molecular flexibility index (Phi) is 5.36. The van der Waals surface area contributed by atoms with Crippen LogP contribution in [-0.4, -0.2) is 31.3 Å². The molecule has 104 valence electrons. The van der Waals surface area contributed by atoms with E-state index in [4.69, 9.17) is 9.47 Å². The van der Waals surface area contributed by atoms with Crippen molar-refractivity contribution in [3.63, 3.8) is 0 Å². The molecule has 0 amide bonds. The fraction of sp³-hybridized carbons (Fsp3) is 0.533. The van der Waals surface area contributed by atoms with Gasteiger partial charge in [-0.05, 0) is 25.3 Å². The van der Waals surface area contributed by atoms with E-state index < -0.39 is 6.10 Å². The van der Waals surface area contributed by atoms with Crippen LogP contribution in [0.2, 0.25) is 0 Å². The summed E-state index contributed by atoms with van der Waals surface area (Å²) in [5.74, 6) is -0.242. The third kappa shape index (κ3) is 4.33. The molecule has 0 aliphatic carbocycles. The van der Waals surface area contributed by atoms with E-state index in [1.165, 1.54) is 5.56 Å². The van der Waals surface area contributed by atoms with Gasteiger partial charge in [0.25, 0.3) is 0 Å². The summed E-state index contributed by atoms with van der Waals surface area (Å²) in [4.78, 5) is 11.6. The lowest BCUT2D eigenvalue weighted by atomic mass is 10.0. The summed E-state index contributed by atoms with van der Waals surface area (Å²) in [5, 5.41) is 3.48. The number of carbonyl (C=O) groups is 1. The quantitative estimate of drug-likeness (QED) is 0.824. The topological polar surface area (TPSA) is 47.6 Å². The van der Waals surface area contributed by atoms with Crippen molar-refractivity contribution in [3.05, 3.63) is 35.9 Å². The number of carbonyl (C=O) groups excluding carboxylic acids is 1. The molecule has 0 unspecified atom stereocenters. The van der Waals surface area contributed by atoms with Crippen molar-refractivity contribution >= 4 is 5.97 Å². The number of benzene rings is 1. The second kappa shape index (κ2) is 7.26. The van der Waals surface area contributed by atoms with Crippen molar-refractivity contribution in [1.29, 1.82) is 0 Å². The second-order valence-electron chi connectivity index (χ2n) is 4.70. The number of ether oxygens (including phenoxy) is 2. The Morgan fingerprint density at radius 1 is 1.42 bits per heavy atom. The highest BCUT2D eigenvalue weighted by Crippen LogP contribution is 2.15. The van der Waals surface area contributed by atoms with Crippen molar-refractivity contribution in [3.8, 4) is 0 Å². The predicted octanol–water partition coefficient (Wildman–Crippen LogP) is 1.89. The Morgan fingerprint density at radius 3 is 2.95 bits per heavy atom. The molecular formula is C15H21NO3. The van der Waals surface area contributed by atoms with Gasteiger partial charge in [0.15, 0.2) is 6.10 Å². The Hall–Kier alpha value is -1.39. The lowest BCUT2D eigenvalue weighted by molar-refractivity contribution is -0.160. The van der Waals surface area contributed by atoms with Crippen LogP contribution in [0.15, 0.2) is 30.3 Å². The molecule has 0 radical (unpaired) electrons. The maximum Gasteiger partial charge on any atom is 0.335 e. The minimum Gasteiger partial charge on any atom is -0.464 e. The molecule has 19 heavy (non-hydrogen) atoms. The number of hydrogen-bond donors (Lipinski definition) is 1. The van der Waals surface area contributed by atoms with Crippen molar-refractivity contribution < 1.29 is 14.3 Å². The van der Waals surface area contributed by atoms with Gasteiger partial charge >= 0.3 is 5.97 Å². The zero-order valence-corrected chi connectivity index (χ0v) is 11.3.